The van der Waals surface area contributed by atoms with Crippen molar-refractivity contribution in [3.8, 4) is 0 Å². The first-order valence-corrected chi connectivity index (χ1v) is 6.43. The number of hydrogen-bond acceptors (Lipinski definition) is 3. The second-order valence-electron chi connectivity index (χ2n) is 5.49. The number of carbonyl (C=O) groups is 2. The summed E-state index contributed by atoms with van der Waals surface area (Å²) in [7, 11) is 1.48. The monoisotopic (exact) mass is 281 g/mol. The lowest BCUT2D eigenvalue weighted by Crippen LogP contribution is -2.29. The number of halogens is 1. The van der Waals surface area contributed by atoms with E-state index >= 15 is 0 Å². The molecule has 0 aliphatic heterocycles. The lowest BCUT2D eigenvalue weighted by atomic mass is 10.2. The molecular weight excluding hydrogens is 261 g/mol. The number of hydrogen-bond donors (Lipinski definition) is 0. The van der Waals surface area contributed by atoms with E-state index in [1.807, 2.05) is 0 Å². The third-order valence-electron chi connectivity index (χ3n) is 2.55. The fraction of sp³-hybridized carbons (Fsp3) is 0.467. The second-order valence-corrected chi connectivity index (χ2v) is 5.49. The molecule has 1 aromatic rings. The van der Waals surface area contributed by atoms with E-state index in [1.165, 1.54) is 24.1 Å². The van der Waals surface area contributed by atoms with Crippen LogP contribution >= 0.6 is 0 Å². The van der Waals surface area contributed by atoms with Gasteiger partial charge in [-0.2, -0.15) is 0 Å². The minimum absolute atomic E-state index is 0.0141. The van der Waals surface area contributed by atoms with Crippen LogP contribution in [0.15, 0.2) is 24.3 Å². The number of benzene rings is 1. The van der Waals surface area contributed by atoms with Crippen LogP contribution in [-0.2, 0) is 14.3 Å². The molecule has 1 amide bonds. The number of ether oxygens (including phenoxy) is 1. The average molecular weight is 281 g/mol. The quantitative estimate of drug-likeness (QED) is 0.797. The van der Waals surface area contributed by atoms with Crippen LogP contribution in [-0.4, -0.2) is 24.5 Å². The molecule has 0 unspecified atom stereocenters. The number of amides is 1. The van der Waals surface area contributed by atoms with Gasteiger partial charge in [-0.3, -0.25) is 9.59 Å². The van der Waals surface area contributed by atoms with Crippen LogP contribution in [0.5, 0.6) is 0 Å². The predicted molar refractivity (Wildman–Crippen MR) is 74.9 cm³/mol. The van der Waals surface area contributed by atoms with E-state index < -0.39 is 17.4 Å². The summed E-state index contributed by atoms with van der Waals surface area (Å²) >= 11 is 0. The van der Waals surface area contributed by atoms with Crippen LogP contribution in [0.4, 0.5) is 10.1 Å². The van der Waals surface area contributed by atoms with Gasteiger partial charge in [-0.15, -0.1) is 0 Å². The molecule has 4 nitrogen and oxygen atoms in total. The van der Waals surface area contributed by atoms with Crippen molar-refractivity contribution in [3.05, 3.63) is 30.1 Å². The molecule has 0 N–H and O–H groups in total. The largest absolute Gasteiger partial charge is 0.460 e. The highest BCUT2D eigenvalue weighted by Gasteiger charge is 2.19. The number of carbonyl (C=O) groups excluding carboxylic acids is 2. The van der Waals surface area contributed by atoms with E-state index in [4.69, 9.17) is 4.74 Å². The molecule has 0 fully saturated rings. The average Bonchev–Trinajstić information content (AvgIpc) is 2.33. The van der Waals surface area contributed by atoms with Gasteiger partial charge in [0.15, 0.2) is 0 Å². The molecule has 0 aliphatic carbocycles. The van der Waals surface area contributed by atoms with Crippen molar-refractivity contribution in [2.24, 2.45) is 0 Å². The zero-order chi connectivity index (χ0) is 15.3. The summed E-state index contributed by atoms with van der Waals surface area (Å²) in [6.45, 7) is 5.29. The molecular formula is C15H20FNO3. The normalized spacial score (nSPS) is 11.1. The Bertz CT molecular complexity index is 494. The van der Waals surface area contributed by atoms with E-state index in [1.54, 1.807) is 32.9 Å². The van der Waals surface area contributed by atoms with Crippen molar-refractivity contribution in [2.45, 2.75) is 39.2 Å². The molecule has 0 heterocycles. The summed E-state index contributed by atoms with van der Waals surface area (Å²) in [5.74, 6) is -1.24. The standard InChI is InChI=1S/C15H20FNO3/c1-15(2,3)20-14(19)10-9-13(18)17(4)12-8-6-5-7-11(12)16/h5-8H,9-10H2,1-4H3. The van der Waals surface area contributed by atoms with Gasteiger partial charge in [0.25, 0.3) is 0 Å². The topological polar surface area (TPSA) is 46.6 Å². The lowest BCUT2D eigenvalue weighted by molar-refractivity contribution is -0.155. The van der Waals surface area contributed by atoms with Crippen LogP contribution < -0.4 is 4.90 Å². The Morgan fingerprint density at radius 2 is 1.80 bits per heavy atom. The van der Waals surface area contributed by atoms with Crippen LogP contribution in [0.2, 0.25) is 0 Å². The van der Waals surface area contributed by atoms with Crippen LogP contribution in [0, 0.1) is 5.82 Å². The molecule has 5 heteroatoms. The molecule has 20 heavy (non-hydrogen) atoms. The number of para-hydroxylation sites is 1. The Hall–Kier alpha value is -1.91. The maximum Gasteiger partial charge on any atom is 0.306 e. The smallest absolute Gasteiger partial charge is 0.306 e. The van der Waals surface area contributed by atoms with E-state index in [2.05, 4.69) is 0 Å². The summed E-state index contributed by atoms with van der Waals surface area (Å²) < 4.78 is 18.6. The van der Waals surface area contributed by atoms with Gasteiger partial charge in [0, 0.05) is 13.5 Å². The van der Waals surface area contributed by atoms with E-state index in [9.17, 15) is 14.0 Å². The van der Waals surface area contributed by atoms with Crippen molar-refractivity contribution >= 4 is 17.6 Å². The van der Waals surface area contributed by atoms with Gasteiger partial charge in [0.2, 0.25) is 5.91 Å². The summed E-state index contributed by atoms with van der Waals surface area (Å²) in [6, 6.07) is 6.00. The number of esters is 1. The molecule has 0 saturated heterocycles. The van der Waals surface area contributed by atoms with Gasteiger partial charge in [-0.25, -0.2) is 4.39 Å². The molecule has 0 radical (unpaired) electrons. The maximum absolute atomic E-state index is 13.5. The highest BCUT2D eigenvalue weighted by molar-refractivity contribution is 5.94. The van der Waals surface area contributed by atoms with Crippen molar-refractivity contribution in [1.29, 1.82) is 0 Å². The number of anilines is 1. The Kier molecular flexibility index (Phi) is 5.25. The molecule has 1 aromatic carbocycles. The van der Waals surface area contributed by atoms with Crippen molar-refractivity contribution in [2.75, 3.05) is 11.9 Å². The minimum atomic E-state index is -0.572. The Morgan fingerprint density at radius 3 is 2.35 bits per heavy atom. The van der Waals surface area contributed by atoms with Gasteiger partial charge in [-0.1, -0.05) is 12.1 Å². The molecule has 0 spiro atoms. The first kappa shape index (κ1) is 16.1. The molecule has 0 atom stereocenters. The fourth-order valence-corrected chi connectivity index (χ4v) is 1.63. The molecule has 0 aliphatic rings. The van der Waals surface area contributed by atoms with Crippen molar-refractivity contribution in [3.63, 3.8) is 0 Å². The third-order valence-corrected chi connectivity index (χ3v) is 2.55. The maximum atomic E-state index is 13.5. The van der Waals surface area contributed by atoms with Gasteiger partial charge in [0.05, 0.1) is 12.1 Å². The highest BCUT2D eigenvalue weighted by Crippen LogP contribution is 2.18. The second kappa shape index (κ2) is 6.50. The molecule has 0 saturated carbocycles. The summed E-state index contributed by atoms with van der Waals surface area (Å²) in [6.07, 6.45) is -0.0331. The predicted octanol–water partition coefficient (Wildman–Crippen LogP) is 2.91. The van der Waals surface area contributed by atoms with Gasteiger partial charge >= 0.3 is 5.97 Å². The van der Waals surface area contributed by atoms with Gasteiger partial charge in [-0.05, 0) is 32.9 Å². The SMILES string of the molecule is CN(C(=O)CCC(=O)OC(C)(C)C)c1ccccc1F. The molecule has 0 aromatic heterocycles. The molecule has 1 rings (SSSR count). The summed E-state index contributed by atoms with van der Waals surface area (Å²) in [5.41, 5.74) is -0.376. The van der Waals surface area contributed by atoms with E-state index in [0.717, 1.165) is 0 Å². The van der Waals surface area contributed by atoms with Crippen LogP contribution in [0.3, 0.4) is 0 Å². The molecule has 110 valence electrons. The Labute approximate surface area is 118 Å². The Morgan fingerprint density at radius 1 is 1.20 bits per heavy atom. The first-order valence-electron chi connectivity index (χ1n) is 6.43. The van der Waals surface area contributed by atoms with Crippen molar-refractivity contribution in [1.82, 2.24) is 0 Å². The van der Waals surface area contributed by atoms with Gasteiger partial charge < -0.3 is 9.64 Å². The highest BCUT2D eigenvalue weighted by atomic mass is 19.1. The first-order chi connectivity index (χ1) is 9.20. The van der Waals surface area contributed by atoms with Crippen LogP contribution in [0.1, 0.15) is 33.6 Å². The minimum Gasteiger partial charge on any atom is -0.460 e. The van der Waals surface area contributed by atoms with E-state index in [-0.39, 0.29) is 24.4 Å². The summed E-state index contributed by atoms with van der Waals surface area (Å²) in [4.78, 5) is 24.6. The zero-order valence-electron chi connectivity index (χ0n) is 12.3. The van der Waals surface area contributed by atoms with Crippen LogP contribution in [0.25, 0.3) is 0 Å². The zero-order valence-corrected chi connectivity index (χ0v) is 12.3. The van der Waals surface area contributed by atoms with Gasteiger partial charge in [0.1, 0.15) is 11.4 Å². The number of rotatable bonds is 4. The molecule has 0 bridgehead atoms. The third kappa shape index (κ3) is 4.99. The van der Waals surface area contributed by atoms with E-state index in [0.29, 0.717) is 0 Å². The lowest BCUT2D eigenvalue weighted by Gasteiger charge is -2.20. The Balaban J connectivity index is 2.55. The number of nitrogens with zero attached hydrogens (tertiary/aromatic N) is 1. The van der Waals surface area contributed by atoms with Crippen molar-refractivity contribution < 1.29 is 18.7 Å². The summed E-state index contributed by atoms with van der Waals surface area (Å²) in [5, 5.41) is 0. The fourth-order valence-electron chi connectivity index (χ4n) is 1.63.